The van der Waals surface area contributed by atoms with E-state index in [-0.39, 0.29) is 11.6 Å². The fourth-order valence-corrected chi connectivity index (χ4v) is 7.99. The van der Waals surface area contributed by atoms with Gasteiger partial charge in [0, 0.05) is 21.5 Å². The van der Waals surface area contributed by atoms with Crippen molar-refractivity contribution < 1.29 is 14.4 Å². The van der Waals surface area contributed by atoms with Crippen molar-refractivity contribution in [2.24, 2.45) is 0 Å². The van der Waals surface area contributed by atoms with Gasteiger partial charge in [-0.25, -0.2) is 4.98 Å². The standard InChI is InChI=1S/C43H32N4O3S3/c48-40(33-16-8-3-9-17-33)45-36(26-29-21-23-31(24-22-29)30-12-4-1-5-13-30)41(49)44-34-18-10-19-35(27-34)53-39(32-14-6-2-7-15-32)42(50)47-43-46-37(28-52-43)38-20-11-25-51-38/h1-28,39H,(H,44,49)(H,45,48)(H,46,47,50)/b36-26+. The van der Waals surface area contributed by atoms with Crippen molar-refractivity contribution in [1.82, 2.24) is 10.3 Å². The van der Waals surface area contributed by atoms with Gasteiger partial charge in [0.25, 0.3) is 11.8 Å². The quantitative estimate of drug-likeness (QED) is 0.0853. The van der Waals surface area contributed by atoms with Gasteiger partial charge in [0.2, 0.25) is 5.91 Å². The summed E-state index contributed by atoms with van der Waals surface area (Å²) < 4.78 is 0. The molecule has 0 aliphatic rings. The Bertz CT molecular complexity index is 2340. The van der Waals surface area contributed by atoms with Crippen LogP contribution in [0, 0.1) is 0 Å². The molecule has 3 amide bonds. The topological polar surface area (TPSA) is 100 Å². The van der Waals surface area contributed by atoms with E-state index in [9.17, 15) is 14.4 Å². The van der Waals surface area contributed by atoms with Crippen molar-refractivity contribution in [3.8, 4) is 21.7 Å². The van der Waals surface area contributed by atoms with E-state index in [0.29, 0.717) is 16.4 Å². The van der Waals surface area contributed by atoms with E-state index in [2.05, 4.69) is 20.9 Å². The molecule has 0 spiro atoms. The number of thioether (sulfide) groups is 1. The lowest BCUT2D eigenvalue weighted by Crippen LogP contribution is -2.30. The predicted octanol–water partition coefficient (Wildman–Crippen LogP) is 10.4. The number of aromatic nitrogens is 1. The van der Waals surface area contributed by atoms with Crippen LogP contribution >= 0.6 is 34.4 Å². The molecule has 0 bridgehead atoms. The van der Waals surface area contributed by atoms with Crippen molar-refractivity contribution in [3.05, 3.63) is 185 Å². The van der Waals surface area contributed by atoms with E-state index in [4.69, 9.17) is 0 Å². The van der Waals surface area contributed by atoms with Crippen LogP contribution in [0.1, 0.15) is 26.7 Å². The highest BCUT2D eigenvalue weighted by Gasteiger charge is 2.24. The first-order chi connectivity index (χ1) is 26.0. The van der Waals surface area contributed by atoms with Gasteiger partial charge in [-0.3, -0.25) is 14.4 Å². The number of nitrogens with zero attached hydrogens (tertiary/aromatic N) is 1. The normalized spacial score (nSPS) is 11.7. The monoisotopic (exact) mass is 748 g/mol. The first-order valence-electron chi connectivity index (χ1n) is 16.7. The van der Waals surface area contributed by atoms with Crippen LogP contribution in [0.3, 0.4) is 0 Å². The number of hydrogen-bond acceptors (Lipinski definition) is 7. The van der Waals surface area contributed by atoms with Crippen molar-refractivity contribution in [3.63, 3.8) is 0 Å². The Balaban J connectivity index is 1.11. The first-order valence-corrected chi connectivity index (χ1v) is 19.3. The molecule has 3 N–H and O–H groups in total. The molecule has 53 heavy (non-hydrogen) atoms. The average molecular weight is 749 g/mol. The Morgan fingerprint density at radius 1 is 0.679 bits per heavy atom. The van der Waals surface area contributed by atoms with Gasteiger partial charge in [-0.05, 0) is 70.1 Å². The molecular formula is C43H32N4O3S3. The van der Waals surface area contributed by atoms with Gasteiger partial charge in [0.1, 0.15) is 10.9 Å². The van der Waals surface area contributed by atoms with Gasteiger partial charge in [-0.1, -0.05) is 115 Å². The van der Waals surface area contributed by atoms with E-state index in [1.165, 1.54) is 23.1 Å². The zero-order chi connectivity index (χ0) is 36.4. The number of carbonyl (C=O) groups excluding carboxylic acids is 3. The summed E-state index contributed by atoms with van der Waals surface area (Å²) in [5, 5.41) is 12.6. The molecule has 2 aromatic heterocycles. The van der Waals surface area contributed by atoms with E-state index < -0.39 is 17.1 Å². The van der Waals surface area contributed by atoms with Crippen LogP contribution in [0.15, 0.2) is 173 Å². The molecule has 1 atom stereocenters. The second-order valence-electron chi connectivity index (χ2n) is 11.8. The van der Waals surface area contributed by atoms with Crippen molar-refractivity contribution in [2.75, 3.05) is 10.6 Å². The number of benzene rings is 5. The summed E-state index contributed by atoms with van der Waals surface area (Å²) in [7, 11) is 0. The van der Waals surface area contributed by atoms with Gasteiger partial charge in [0.15, 0.2) is 5.13 Å². The molecule has 7 rings (SSSR count). The summed E-state index contributed by atoms with van der Waals surface area (Å²) >= 11 is 4.34. The summed E-state index contributed by atoms with van der Waals surface area (Å²) in [5.41, 5.74) is 5.52. The molecule has 260 valence electrons. The lowest BCUT2D eigenvalue weighted by molar-refractivity contribution is -0.116. The van der Waals surface area contributed by atoms with Crippen LogP contribution in [0.25, 0.3) is 27.8 Å². The highest BCUT2D eigenvalue weighted by atomic mass is 32.2. The van der Waals surface area contributed by atoms with Crippen LogP contribution in [0.4, 0.5) is 10.8 Å². The fourth-order valence-electron chi connectivity index (χ4n) is 5.43. The number of carbonyl (C=O) groups is 3. The zero-order valence-electron chi connectivity index (χ0n) is 28.1. The minimum atomic E-state index is -0.601. The third-order valence-electron chi connectivity index (χ3n) is 8.05. The molecule has 1 unspecified atom stereocenters. The predicted molar refractivity (Wildman–Crippen MR) is 218 cm³/mol. The zero-order valence-corrected chi connectivity index (χ0v) is 30.6. The Morgan fingerprint density at radius 3 is 2.09 bits per heavy atom. The highest BCUT2D eigenvalue weighted by Crippen LogP contribution is 2.38. The van der Waals surface area contributed by atoms with Gasteiger partial charge in [-0.2, -0.15) is 0 Å². The highest BCUT2D eigenvalue weighted by molar-refractivity contribution is 8.00. The Labute approximate surface area is 319 Å². The van der Waals surface area contributed by atoms with Crippen LogP contribution in [0.2, 0.25) is 0 Å². The molecule has 0 radical (unpaired) electrons. The van der Waals surface area contributed by atoms with Gasteiger partial charge < -0.3 is 16.0 Å². The third kappa shape index (κ3) is 9.24. The summed E-state index contributed by atoms with van der Waals surface area (Å²) in [6.45, 7) is 0. The van der Waals surface area contributed by atoms with Crippen molar-refractivity contribution in [1.29, 1.82) is 0 Å². The van der Waals surface area contributed by atoms with Crippen LogP contribution in [-0.2, 0) is 9.59 Å². The van der Waals surface area contributed by atoms with Crippen LogP contribution < -0.4 is 16.0 Å². The molecule has 5 aromatic carbocycles. The Morgan fingerprint density at radius 2 is 1.38 bits per heavy atom. The molecule has 0 aliphatic heterocycles. The molecule has 0 saturated heterocycles. The number of thiophene rings is 1. The average Bonchev–Trinajstić information content (AvgIpc) is 3.91. The fraction of sp³-hybridized carbons (Fsp3) is 0.0233. The number of rotatable bonds is 12. The lowest BCUT2D eigenvalue weighted by atomic mass is 10.0. The van der Waals surface area contributed by atoms with Crippen molar-refractivity contribution in [2.45, 2.75) is 10.1 Å². The van der Waals surface area contributed by atoms with Crippen molar-refractivity contribution >= 4 is 69.1 Å². The largest absolute Gasteiger partial charge is 0.321 e. The van der Waals surface area contributed by atoms with Crippen LogP contribution in [-0.4, -0.2) is 22.7 Å². The maximum atomic E-state index is 13.9. The van der Waals surface area contributed by atoms with E-state index in [1.807, 2.05) is 132 Å². The number of nitrogens with one attached hydrogen (secondary N) is 3. The number of anilines is 2. The molecule has 0 fully saturated rings. The van der Waals surface area contributed by atoms with Gasteiger partial charge in [-0.15, -0.1) is 34.4 Å². The first kappa shape index (κ1) is 35.3. The molecule has 7 nitrogen and oxygen atoms in total. The van der Waals surface area contributed by atoms with Gasteiger partial charge >= 0.3 is 0 Å². The Kier molecular flexibility index (Phi) is 11.3. The lowest BCUT2D eigenvalue weighted by Gasteiger charge is -2.17. The second-order valence-corrected chi connectivity index (χ2v) is 14.7. The third-order valence-corrected chi connectivity index (χ3v) is 10.9. The van der Waals surface area contributed by atoms with Crippen LogP contribution in [0.5, 0.6) is 0 Å². The molecule has 2 heterocycles. The summed E-state index contributed by atoms with van der Waals surface area (Å²) in [4.78, 5) is 47.3. The molecule has 7 aromatic rings. The van der Waals surface area contributed by atoms with E-state index >= 15 is 0 Å². The summed E-state index contributed by atoms with van der Waals surface area (Å²) in [5.74, 6) is -1.11. The SMILES string of the molecule is O=C(Nc1cccc(SC(C(=O)Nc2nc(-c3cccs3)cs2)c2ccccc2)c1)/C(=C\c1ccc(-c2ccccc2)cc1)NC(=O)c1ccccc1. The molecule has 0 aliphatic carbocycles. The number of thiazole rings is 1. The number of hydrogen-bond donors (Lipinski definition) is 3. The van der Waals surface area contributed by atoms with Gasteiger partial charge in [0.05, 0.1) is 10.6 Å². The summed E-state index contributed by atoms with van der Waals surface area (Å²) in [6.07, 6.45) is 1.65. The minimum Gasteiger partial charge on any atom is -0.321 e. The maximum absolute atomic E-state index is 13.9. The second kappa shape index (κ2) is 17.0. The number of amides is 3. The van der Waals surface area contributed by atoms with E-state index in [0.717, 1.165) is 37.7 Å². The summed E-state index contributed by atoms with van der Waals surface area (Å²) in [6, 6.07) is 47.3. The molecule has 0 saturated carbocycles. The smallest absolute Gasteiger partial charge is 0.272 e. The molecular weight excluding hydrogens is 717 g/mol. The Hall–Kier alpha value is -6.07. The minimum absolute atomic E-state index is 0.0799. The maximum Gasteiger partial charge on any atom is 0.272 e. The van der Waals surface area contributed by atoms with E-state index in [1.54, 1.807) is 47.7 Å². The molecule has 10 heteroatoms.